The zero-order chi connectivity index (χ0) is 18.2. The number of esters is 1. The van der Waals surface area contributed by atoms with Crippen LogP contribution in [0.15, 0.2) is 17.4 Å². The maximum absolute atomic E-state index is 12.4. The van der Waals surface area contributed by atoms with Crippen molar-refractivity contribution in [3.8, 4) is 0 Å². The van der Waals surface area contributed by atoms with Gasteiger partial charge in [-0.1, -0.05) is 5.16 Å². The highest BCUT2D eigenvalue weighted by Crippen LogP contribution is 2.40. The van der Waals surface area contributed by atoms with Gasteiger partial charge in [-0.25, -0.2) is 9.48 Å². The Morgan fingerprint density at radius 1 is 1.40 bits per heavy atom. The molecule has 1 fully saturated rings. The second kappa shape index (κ2) is 6.50. The molecule has 0 saturated heterocycles. The minimum absolute atomic E-state index is 0.0903. The first-order chi connectivity index (χ1) is 11.7. The topological polar surface area (TPSA) is 94.8 Å². The molecule has 0 spiro atoms. The minimum atomic E-state index is -0.845. The molecule has 2 heterocycles. The number of ether oxygens (including phenoxy) is 1. The molecule has 8 heteroatoms. The third-order valence-corrected chi connectivity index (χ3v) is 4.21. The Morgan fingerprint density at radius 2 is 2.12 bits per heavy atom. The number of aromatic nitrogens is 2. The largest absolute Gasteiger partial charge is 0.455 e. The Hall–Kier alpha value is -2.38. The third-order valence-electron chi connectivity index (χ3n) is 4.21. The predicted octanol–water partition coefficient (Wildman–Crippen LogP) is 2.28. The van der Waals surface area contributed by atoms with Crippen LogP contribution in [0, 0.1) is 5.92 Å². The van der Waals surface area contributed by atoms with Crippen LogP contribution in [0.3, 0.4) is 0 Å². The molecule has 0 aromatic carbocycles. The van der Waals surface area contributed by atoms with Crippen molar-refractivity contribution < 1.29 is 19.2 Å². The van der Waals surface area contributed by atoms with E-state index < -0.39 is 17.7 Å². The van der Waals surface area contributed by atoms with Crippen LogP contribution in [0.5, 0.6) is 0 Å². The fraction of sp³-hybridized carbons (Fsp3) is 0.647. The monoisotopic (exact) mass is 348 g/mol. The fourth-order valence-electron chi connectivity index (χ4n) is 2.70. The van der Waals surface area contributed by atoms with E-state index in [1.54, 1.807) is 33.0 Å². The van der Waals surface area contributed by atoms with Gasteiger partial charge in [0.1, 0.15) is 11.4 Å². The molecule has 8 nitrogen and oxygen atoms in total. The van der Waals surface area contributed by atoms with Gasteiger partial charge in [-0.3, -0.25) is 4.79 Å². The summed E-state index contributed by atoms with van der Waals surface area (Å²) in [5.74, 6) is 0.321. The summed E-state index contributed by atoms with van der Waals surface area (Å²) in [5.41, 5.74) is -0.499. The van der Waals surface area contributed by atoms with E-state index in [-0.39, 0.29) is 24.1 Å². The number of carbonyl (C=O) groups is 2. The van der Waals surface area contributed by atoms with Gasteiger partial charge in [0.25, 0.3) is 5.91 Å². The van der Waals surface area contributed by atoms with Gasteiger partial charge in [0, 0.05) is 12.5 Å². The van der Waals surface area contributed by atoms with Crippen molar-refractivity contribution in [1.29, 1.82) is 0 Å². The van der Waals surface area contributed by atoms with E-state index >= 15 is 0 Å². The molecule has 1 saturated carbocycles. The van der Waals surface area contributed by atoms with Crippen molar-refractivity contribution >= 4 is 23.4 Å². The molecule has 25 heavy (non-hydrogen) atoms. The van der Waals surface area contributed by atoms with Crippen LogP contribution in [0.2, 0.25) is 0 Å². The maximum Gasteiger partial charge on any atom is 0.356 e. The summed E-state index contributed by atoms with van der Waals surface area (Å²) in [6.07, 6.45) is 3.28. The summed E-state index contributed by atoms with van der Waals surface area (Å²) in [6, 6.07) is 1.99. The Morgan fingerprint density at radius 3 is 2.76 bits per heavy atom. The number of amides is 1. The first-order valence-electron chi connectivity index (χ1n) is 8.55. The molecule has 3 rings (SSSR count). The quantitative estimate of drug-likeness (QED) is 0.824. The van der Waals surface area contributed by atoms with E-state index in [1.165, 1.54) is 12.8 Å². The van der Waals surface area contributed by atoms with E-state index in [2.05, 4.69) is 22.5 Å². The van der Waals surface area contributed by atoms with Crippen LogP contribution in [0.25, 0.3) is 0 Å². The molecule has 0 radical (unpaired) electrons. The van der Waals surface area contributed by atoms with Crippen molar-refractivity contribution in [3.63, 3.8) is 0 Å². The van der Waals surface area contributed by atoms with E-state index in [1.807, 2.05) is 4.68 Å². The van der Waals surface area contributed by atoms with Crippen LogP contribution >= 0.6 is 0 Å². The fourth-order valence-corrected chi connectivity index (χ4v) is 2.70. The van der Waals surface area contributed by atoms with Crippen LogP contribution in [0.4, 0.5) is 5.82 Å². The molecule has 2 atom stereocenters. The van der Waals surface area contributed by atoms with Gasteiger partial charge in [-0.05, 0) is 46.5 Å². The highest BCUT2D eigenvalue weighted by atomic mass is 16.7. The van der Waals surface area contributed by atoms with Gasteiger partial charge in [0.15, 0.2) is 5.71 Å². The number of nitrogens with one attached hydrogen (secondary N) is 1. The predicted molar refractivity (Wildman–Crippen MR) is 91.1 cm³/mol. The van der Waals surface area contributed by atoms with E-state index in [9.17, 15) is 9.59 Å². The molecule has 0 bridgehead atoms. The number of anilines is 1. The van der Waals surface area contributed by atoms with Crippen LogP contribution in [0.1, 0.15) is 53.0 Å². The zero-order valence-corrected chi connectivity index (χ0v) is 15.0. The van der Waals surface area contributed by atoms with E-state index in [0.29, 0.717) is 11.7 Å². The molecule has 136 valence electrons. The summed E-state index contributed by atoms with van der Waals surface area (Å²) in [7, 11) is 0. The van der Waals surface area contributed by atoms with Crippen LogP contribution < -0.4 is 5.32 Å². The van der Waals surface area contributed by atoms with Gasteiger partial charge in [-0.15, -0.1) is 0 Å². The normalized spacial score (nSPS) is 21.3. The highest BCUT2D eigenvalue weighted by molar-refractivity contribution is 6.37. The number of rotatable bonds is 5. The Balaban J connectivity index is 1.57. The SMILES string of the molecule is CC(C1CC1)n1nccc1NC(=O)C1CC(C(=O)OC(C)(C)C)=NO1. The minimum Gasteiger partial charge on any atom is -0.455 e. The average molecular weight is 348 g/mol. The second-order valence-corrected chi connectivity index (χ2v) is 7.57. The van der Waals surface area contributed by atoms with Crippen molar-refractivity contribution in [3.05, 3.63) is 12.3 Å². The summed E-state index contributed by atoms with van der Waals surface area (Å²) in [5, 5.41) is 10.8. The molecular formula is C17H24N4O4. The lowest BCUT2D eigenvalue weighted by molar-refractivity contribution is -0.146. The molecule has 1 aromatic rings. The van der Waals surface area contributed by atoms with Crippen molar-refractivity contribution in [2.45, 2.75) is 64.7 Å². The Kier molecular flexibility index (Phi) is 4.53. The number of oxime groups is 1. The second-order valence-electron chi connectivity index (χ2n) is 7.57. The number of carbonyl (C=O) groups excluding carboxylic acids is 2. The van der Waals surface area contributed by atoms with Crippen LogP contribution in [-0.4, -0.2) is 39.1 Å². The van der Waals surface area contributed by atoms with Gasteiger partial charge in [-0.2, -0.15) is 5.10 Å². The van der Waals surface area contributed by atoms with Gasteiger partial charge in [0.2, 0.25) is 6.10 Å². The number of hydrogen-bond acceptors (Lipinski definition) is 6. The molecular weight excluding hydrogens is 324 g/mol. The number of hydrogen-bond donors (Lipinski definition) is 1. The summed E-state index contributed by atoms with van der Waals surface area (Å²) < 4.78 is 7.06. The van der Waals surface area contributed by atoms with Gasteiger partial charge < -0.3 is 14.9 Å². The van der Waals surface area contributed by atoms with E-state index in [4.69, 9.17) is 9.57 Å². The van der Waals surface area contributed by atoms with Crippen LogP contribution in [-0.2, 0) is 19.2 Å². The summed E-state index contributed by atoms with van der Waals surface area (Å²) in [6.45, 7) is 7.41. The maximum atomic E-state index is 12.4. The lowest BCUT2D eigenvalue weighted by Crippen LogP contribution is -2.32. The smallest absolute Gasteiger partial charge is 0.356 e. The Bertz CT molecular complexity index is 700. The van der Waals surface area contributed by atoms with Crippen molar-refractivity contribution in [1.82, 2.24) is 9.78 Å². The first kappa shape index (κ1) is 17.4. The molecule has 1 N–H and O–H groups in total. The highest BCUT2D eigenvalue weighted by Gasteiger charge is 2.35. The summed E-state index contributed by atoms with van der Waals surface area (Å²) >= 11 is 0. The lowest BCUT2D eigenvalue weighted by Gasteiger charge is -2.18. The lowest BCUT2D eigenvalue weighted by atomic mass is 10.1. The van der Waals surface area contributed by atoms with Crippen molar-refractivity contribution in [2.75, 3.05) is 5.32 Å². The number of nitrogens with zero attached hydrogens (tertiary/aromatic N) is 3. The van der Waals surface area contributed by atoms with Gasteiger partial charge in [0.05, 0.1) is 12.2 Å². The zero-order valence-electron chi connectivity index (χ0n) is 15.0. The first-order valence-corrected chi connectivity index (χ1v) is 8.55. The van der Waals surface area contributed by atoms with Gasteiger partial charge >= 0.3 is 5.97 Å². The summed E-state index contributed by atoms with van der Waals surface area (Å²) in [4.78, 5) is 29.5. The molecule has 1 aliphatic heterocycles. The standard InChI is InChI=1S/C17H24N4O4/c1-10(11-5-6-11)21-14(7-8-18-21)19-15(22)13-9-12(20-25-13)16(23)24-17(2,3)4/h7-8,10-11,13H,5-6,9H2,1-4H3,(H,19,22). The molecule has 1 aromatic heterocycles. The average Bonchev–Trinajstić information content (AvgIpc) is 3.06. The molecule has 2 aliphatic rings. The molecule has 1 amide bonds. The molecule has 1 aliphatic carbocycles. The molecule has 2 unspecified atom stereocenters. The Labute approximate surface area is 146 Å². The van der Waals surface area contributed by atoms with E-state index in [0.717, 1.165) is 0 Å². The third kappa shape index (κ3) is 4.18. The van der Waals surface area contributed by atoms with Crippen molar-refractivity contribution in [2.24, 2.45) is 11.1 Å².